The Bertz CT molecular complexity index is 319. The van der Waals surface area contributed by atoms with Gasteiger partial charge in [0.15, 0.2) is 0 Å². The van der Waals surface area contributed by atoms with Gasteiger partial charge in [-0.2, -0.15) is 0 Å². The van der Waals surface area contributed by atoms with Gasteiger partial charge in [0, 0.05) is 10.5 Å². The Hall–Kier alpha value is -0.540. The second kappa shape index (κ2) is 5.69. The van der Waals surface area contributed by atoms with Crippen LogP contribution in [0.25, 0.3) is 0 Å². The number of rotatable bonds is 5. The van der Waals surface area contributed by atoms with E-state index in [1.807, 2.05) is 24.3 Å². The van der Waals surface area contributed by atoms with Crippen molar-refractivity contribution < 1.29 is 4.74 Å². The lowest BCUT2D eigenvalue weighted by molar-refractivity contribution is 0.0852. The topological polar surface area (TPSA) is 21.3 Å². The molecule has 0 amide bonds. The molecule has 2 nitrogen and oxygen atoms in total. The molecule has 0 aromatic heterocycles. The van der Waals surface area contributed by atoms with Crippen LogP contribution in [0.15, 0.2) is 28.7 Å². The van der Waals surface area contributed by atoms with Crippen LogP contribution in [0.3, 0.4) is 0 Å². The molecule has 0 atom stereocenters. The van der Waals surface area contributed by atoms with E-state index in [0.717, 1.165) is 29.6 Å². The van der Waals surface area contributed by atoms with Crippen molar-refractivity contribution in [2.75, 3.05) is 6.54 Å². The van der Waals surface area contributed by atoms with Gasteiger partial charge in [-0.25, -0.2) is 0 Å². The molecule has 1 saturated carbocycles. The summed E-state index contributed by atoms with van der Waals surface area (Å²) in [5.41, 5.74) is 0. The molecule has 2 rings (SSSR count). The first-order valence-electron chi connectivity index (χ1n) is 5.93. The van der Waals surface area contributed by atoms with Gasteiger partial charge >= 0.3 is 0 Å². The summed E-state index contributed by atoms with van der Waals surface area (Å²) in [7, 11) is 0. The van der Waals surface area contributed by atoms with Crippen molar-refractivity contribution in [1.29, 1.82) is 0 Å². The zero-order valence-electron chi connectivity index (χ0n) is 9.58. The van der Waals surface area contributed by atoms with Crippen molar-refractivity contribution >= 4 is 15.9 Å². The molecule has 3 heteroatoms. The van der Waals surface area contributed by atoms with Crippen molar-refractivity contribution in [3.8, 4) is 5.75 Å². The number of halogens is 1. The third kappa shape index (κ3) is 3.22. The first-order chi connectivity index (χ1) is 7.78. The molecule has 0 unspecified atom stereocenters. The standard InChI is InChI=1S/C13H18BrNO/c1-2-7-15-11-8-13(9-11)16-12-5-3-10(14)4-6-12/h3-6,11,13,15H,2,7-9H2,1H3. The number of hydrogen-bond acceptors (Lipinski definition) is 2. The second-order valence-electron chi connectivity index (χ2n) is 4.32. The van der Waals surface area contributed by atoms with Crippen molar-refractivity contribution in [3.63, 3.8) is 0 Å². The zero-order chi connectivity index (χ0) is 11.4. The predicted octanol–water partition coefficient (Wildman–Crippen LogP) is 3.36. The molecule has 0 saturated heterocycles. The van der Waals surface area contributed by atoms with Crippen molar-refractivity contribution in [2.24, 2.45) is 0 Å². The van der Waals surface area contributed by atoms with E-state index in [-0.39, 0.29) is 0 Å². The monoisotopic (exact) mass is 283 g/mol. The maximum Gasteiger partial charge on any atom is 0.119 e. The predicted molar refractivity (Wildman–Crippen MR) is 69.9 cm³/mol. The fourth-order valence-electron chi connectivity index (χ4n) is 1.88. The maximum absolute atomic E-state index is 5.85. The van der Waals surface area contributed by atoms with Gasteiger partial charge in [0.25, 0.3) is 0 Å². The lowest BCUT2D eigenvalue weighted by atomic mass is 9.89. The van der Waals surface area contributed by atoms with Crippen LogP contribution in [-0.4, -0.2) is 18.7 Å². The highest BCUT2D eigenvalue weighted by Crippen LogP contribution is 2.26. The fourth-order valence-corrected chi connectivity index (χ4v) is 2.15. The highest BCUT2D eigenvalue weighted by atomic mass is 79.9. The highest BCUT2D eigenvalue weighted by Gasteiger charge is 2.29. The Morgan fingerprint density at radius 1 is 1.31 bits per heavy atom. The van der Waals surface area contributed by atoms with Crippen LogP contribution in [0.4, 0.5) is 0 Å². The van der Waals surface area contributed by atoms with Gasteiger partial charge in [-0.1, -0.05) is 22.9 Å². The van der Waals surface area contributed by atoms with Gasteiger partial charge in [0.05, 0.1) is 0 Å². The van der Waals surface area contributed by atoms with Gasteiger partial charge in [-0.05, 0) is 50.1 Å². The molecule has 1 fully saturated rings. The number of hydrogen-bond donors (Lipinski definition) is 1. The maximum atomic E-state index is 5.85. The summed E-state index contributed by atoms with van der Waals surface area (Å²) in [4.78, 5) is 0. The largest absolute Gasteiger partial charge is 0.490 e. The molecule has 0 spiro atoms. The summed E-state index contributed by atoms with van der Waals surface area (Å²) in [5, 5.41) is 3.51. The van der Waals surface area contributed by atoms with Crippen LogP contribution in [0.2, 0.25) is 0 Å². The Morgan fingerprint density at radius 2 is 2.00 bits per heavy atom. The third-order valence-corrected chi connectivity index (χ3v) is 3.42. The van der Waals surface area contributed by atoms with Gasteiger partial charge in [0.1, 0.15) is 11.9 Å². The molecular formula is C13H18BrNO. The summed E-state index contributed by atoms with van der Waals surface area (Å²) < 4.78 is 6.95. The average Bonchev–Trinajstić information content (AvgIpc) is 2.24. The van der Waals surface area contributed by atoms with Gasteiger partial charge in [-0.3, -0.25) is 0 Å². The SMILES string of the molecule is CCCNC1CC(Oc2ccc(Br)cc2)C1. The summed E-state index contributed by atoms with van der Waals surface area (Å²) >= 11 is 3.42. The summed E-state index contributed by atoms with van der Waals surface area (Å²) in [5.74, 6) is 0.974. The van der Waals surface area contributed by atoms with Crippen LogP contribution in [0.1, 0.15) is 26.2 Å². The number of nitrogens with one attached hydrogen (secondary N) is 1. The molecular weight excluding hydrogens is 266 g/mol. The number of benzene rings is 1. The van der Waals surface area contributed by atoms with E-state index >= 15 is 0 Å². The van der Waals surface area contributed by atoms with Gasteiger partial charge < -0.3 is 10.1 Å². The summed E-state index contributed by atoms with van der Waals surface area (Å²) in [6.45, 7) is 3.32. The molecule has 0 aliphatic heterocycles. The van der Waals surface area contributed by atoms with Crippen LogP contribution >= 0.6 is 15.9 Å². The van der Waals surface area contributed by atoms with E-state index < -0.39 is 0 Å². The number of ether oxygens (including phenoxy) is 1. The van der Waals surface area contributed by atoms with Crippen LogP contribution in [0.5, 0.6) is 5.75 Å². The Morgan fingerprint density at radius 3 is 2.62 bits per heavy atom. The quantitative estimate of drug-likeness (QED) is 0.895. The van der Waals surface area contributed by atoms with E-state index in [0.29, 0.717) is 12.1 Å². The molecule has 0 radical (unpaired) electrons. The zero-order valence-corrected chi connectivity index (χ0v) is 11.2. The summed E-state index contributed by atoms with van der Waals surface area (Å²) in [6, 6.07) is 8.72. The van der Waals surface area contributed by atoms with E-state index in [4.69, 9.17) is 4.74 Å². The van der Waals surface area contributed by atoms with Crippen molar-refractivity contribution in [1.82, 2.24) is 5.32 Å². The molecule has 1 aliphatic rings. The van der Waals surface area contributed by atoms with E-state index in [1.165, 1.54) is 6.42 Å². The minimum Gasteiger partial charge on any atom is -0.490 e. The van der Waals surface area contributed by atoms with Crippen LogP contribution in [-0.2, 0) is 0 Å². The Kier molecular flexibility index (Phi) is 4.24. The molecule has 16 heavy (non-hydrogen) atoms. The molecule has 0 bridgehead atoms. The second-order valence-corrected chi connectivity index (χ2v) is 5.23. The average molecular weight is 284 g/mol. The first kappa shape index (κ1) is 11.9. The third-order valence-electron chi connectivity index (χ3n) is 2.89. The first-order valence-corrected chi connectivity index (χ1v) is 6.73. The molecule has 1 aromatic rings. The minimum atomic E-state index is 0.399. The van der Waals surface area contributed by atoms with Gasteiger partial charge in [0.2, 0.25) is 0 Å². The molecule has 1 aromatic carbocycles. The molecule has 88 valence electrons. The normalized spacial score (nSPS) is 23.9. The summed E-state index contributed by atoms with van der Waals surface area (Å²) in [6.07, 6.45) is 3.87. The van der Waals surface area contributed by atoms with Crippen LogP contribution < -0.4 is 10.1 Å². The van der Waals surface area contributed by atoms with E-state index in [1.54, 1.807) is 0 Å². The highest BCUT2D eigenvalue weighted by molar-refractivity contribution is 9.10. The van der Waals surface area contributed by atoms with E-state index in [9.17, 15) is 0 Å². The Labute approximate surface area is 106 Å². The van der Waals surface area contributed by atoms with Crippen molar-refractivity contribution in [2.45, 2.75) is 38.3 Å². The van der Waals surface area contributed by atoms with Crippen molar-refractivity contribution in [3.05, 3.63) is 28.7 Å². The smallest absolute Gasteiger partial charge is 0.119 e. The fraction of sp³-hybridized carbons (Fsp3) is 0.538. The molecule has 0 heterocycles. The lowest BCUT2D eigenvalue weighted by Gasteiger charge is -2.36. The van der Waals surface area contributed by atoms with Crippen LogP contribution in [0, 0.1) is 0 Å². The molecule has 1 aliphatic carbocycles. The van der Waals surface area contributed by atoms with E-state index in [2.05, 4.69) is 28.2 Å². The molecule has 1 N–H and O–H groups in total. The lowest BCUT2D eigenvalue weighted by Crippen LogP contribution is -2.46. The minimum absolute atomic E-state index is 0.399. The van der Waals surface area contributed by atoms with Gasteiger partial charge in [-0.15, -0.1) is 0 Å². The Balaban J connectivity index is 1.71.